The molecule has 0 aliphatic carbocycles. The van der Waals surface area contributed by atoms with Crippen molar-refractivity contribution in [2.45, 2.75) is 13.5 Å². The van der Waals surface area contributed by atoms with E-state index in [0.29, 0.717) is 40.4 Å². The van der Waals surface area contributed by atoms with Crippen molar-refractivity contribution < 1.29 is 14.3 Å². The van der Waals surface area contributed by atoms with E-state index in [-0.39, 0.29) is 11.5 Å². The van der Waals surface area contributed by atoms with Gasteiger partial charge in [0, 0.05) is 29.6 Å². The van der Waals surface area contributed by atoms with Crippen LogP contribution in [0.4, 0.5) is 5.69 Å². The van der Waals surface area contributed by atoms with Crippen LogP contribution in [0.2, 0.25) is 0 Å². The molecule has 146 valence electrons. The number of aromatic nitrogens is 1. The third kappa shape index (κ3) is 3.16. The zero-order chi connectivity index (χ0) is 20.5. The lowest BCUT2D eigenvalue weighted by molar-refractivity contribution is 0.0964. The van der Waals surface area contributed by atoms with Crippen LogP contribution in [0.5, 0.6) is 5.75 Å². The summed E-state index contributed by atoms with van der Waals surface area (Å²) in [4.78, 5) is 38.0. The first-order chi connectivity index (χ1) is 14.0. The second kappa shape index (κ2) is 7.27. The van der Waals surface area contributed by atoms with Crippen molar-refractivity contribution in [1.29, 1.82) is 0 Å². The summed E-state index contributed by atoms with van der Waals surface area (Å²) >= 11 is 0. The van der Waals surface area contributed by atoms with Gasteiger partial charge in [-0.15, -0.1) is 0 Å². The molecule has 1 aliphatic rings. The number of fused-ring (bicyclic) bond motifs is 1. The molecule has 0 saturated carbocycles. The van der Waals surface area contributed by atoms with Crippen molar-refractivity contribution in [3.63, 3.8) is 0 Å². The van der Waals surface area contributed by atoms with E-state index in [1.54, 1.807) is 61.7 Å². The minimum atomic E-state index is -0.524. The topological polar surface area (TPSA) is 89.4 Å². The molecule has 2 N–H and O–H groups in total. The number of carbonyl (C=O) groups excluding carboxylic acids is 2. The number of carbonyl (C=O) groups is 2. The van der Waals surface area contributed by atoms with E-state index in [9.17, 15) is 14.4 Å². The van der Waals surface area contributed by atoms with Gasteiger partial charge in [-0.05, 0) is 42.8 Å². The van der Waals surface area contributed by atoms with Gasteiger partial charge >= 0.3 is 0 Å². The summed E-state index contributed by atoms with van der Waals surface area (Å²) in [6.07, 6.45) is 1.62. The number of nitrogens with zero attached hydrogens (tertiary/aromatic N) is 1. The van der Waals surface area contributed by atoms with E-state index in [1.165, 1.54) is 11.7 Å². The van der Waals surface area contributed by atoms with Crippen LogP contribution in [0.1, 0.15) is 31.8 Å². The molecule has 0 spiro atoms. The molecule has 3 aromatic rings. The highest BCUT2D eigenvalue weighted by Crippen LogP contribution is 2.25. The molecule has 1 aromatic heterocycles. The molecule has 0 fully saturated rings. The summed E-state index contributed by atoms with van der Waals surface area (Å²) in [5.41, 5.74) is 2.44. The van der Waals surface area contributed by atoms with Gasteiger partial charge in [0.15, 0.2) is 0 Å². The van der Waals surface area contributed by atoms with Gasteiger partial charge in [0.1, 0.15) is 11.3 Å². The molecule has 2 heterocycles. The molecule has 0 atom stereocenters. The fraction of sp³-hybridized carbons (Fsp3) is 0.136. The Morgan fingerprint density at radius 3 is 2.69 bits per heavy atom. The molecule has 2 aromatic carbocycles. The Balaban J connectivity index is 1.76. The zero-order valence-electron chi connectivity index (χ0n) is 16.0. The highest BCUT2D eigenvalue weighted by atomic mass is 16.5. The summed E-state index contributed by atoms with van der Waals surface area (Å²) in [6, 6.07) is 13.9. The number of aryl methyl sites for hydroxylation is 1. The lowest BCUT2D eigenvalue weighted by Gasteiger charge is -2.14. The average Bonchev–Trinajstić information content (AvgIpc) is 3.10. The van der Waals surface area contributed by atoms with Crippen LogP contribution in [-0.2, 0) is 6.54 Å². The smallest absolute Gasteiger partial charge is 0.268 e. The molecule has 0 radical (unpaired) electrons. The molecular weight excluding hydrogens is 370 g/mol. The van der Waals surface area contributed by atoms with E-state index in [4.69, 9.17) is 4.74 Å². The summed E-state index contributed by atoms with van der Waals surface area (Å²) in [7, 11) is 1.52. The number of methoxy groups -OCH3 is 1. The number of ether oxygens (including phenoxy) is 1. The number of rotatable bonds is 4. The Hall–Kier alpha value is -3.87. The molecular formula is C22H19N3O4. The first-order valence-corrected chi connectivity index (χ1v) is 9.08. The van der Waals surface area contributed by atoms with Crippen LogP contribution in [0, 0.1) is 6.92 Å². The summed E-state index contributed by atoms with van der Waals surface area (Å²) < 4.78 is 6.73. The summed E-state index contributed by atoms with van der Waals surface area (Å²) in [5.74, 6) is -0.176. The van der Waals surface area contributed by atoms with Crippen molar-refractivity contribution in [3.8, 4) is 11.4 Å². The lowest BCUT2D eigenvalue weighted by Crippen LogP contribution is -2.29. The quantitative estimate of drug-likeness (QED) is 0.718. The predicted octanol–water partition coefficient (Wildman–Crippen LogP) is 2.65. The zero-order valence-corrected chi connectivity index (χ0v) is 16.0. The van der Waals surface area contributed by atoms with Gasteiger partial charge in [0.25, 0.3) is 17.4 Å². The van der Waals surface area contributed by atoms with Gasteiger partial charge in [0.2, 0.25) is 0 Å². The number of anilines is 1. The molecule has 1 aliphatic heterocycles. The Bertz CT molecular complexity index is 1200. The van der Waals surface area contributed by atoms with Crippen LogP contribution in [0.15, 0.2) is 59.5 Å². The van der Waals surface area contributed by atoms with Gasteiger partial charge in [-0.2, -0.15) is 0 Å². The van der Waals surface area contributed by atoms with E-state index in [2.05, 4.69) is 10.6 Å². The van der Waals surface area contributed by atoms with Crippen molar-refractivity contribution in [1.82, 2.24) is 9.88 Å². The Labute approximate surface area is 166 Å². The number of amides is 2. The third-order valence-corrected chi connectivity index (χ3v) is 4.97. The Morgan fingerprint density at radius 2 is 1.90 bits per heavy atom. The number of nitrogens with one attached hydrogen (secondary N) is 2. The number of hydrogen-bond acceptors (Lipinski definition) is 4. The van der Waals surface area contributed by atoms with Crippen LogP contribution < -0.4 is 20.9 Å². The summed E-state index contributed by atoms with van der Waals surface area (Å²) in [5, 5.41) is 5.53. The normalized spacial score (nSPS) is 12.3. The van der Waals surface area contributed by atoms with Crippen molar-refractivity contribution in [2.75, 3.05) is 12.4 Å². The molecule has 7 nitrogen and oxygen atoms in total. The number of pyridine rings is 1. The van der Waals surface area contributed by atoms with E-state index < -0.39 is 11.5 Å². The van der Waals surface area contributed by atoms with Gasteiger partial charge in [-0.3, -0.25) is 19.0 Å². The molecule has 0 unspecified atom stereocenters. The largest absolute Gasteiger partial charge is 0.495 e. The number of benzene rings is 2. The average molecular weight is 389 g/mol. The number of para-hydroxylation sites is 2. The standard InChI is InChI=1S/C22H19N3O4/c1-13-10-11-25(17-8-3-4-9-18(17)29-2)22(28)19(13)21(27)24-16-7-5-6-14-15(16)12-23-20(14)26/h3-11H,12H2,1-2H3,(H,23,26)(H,24,27). The lowest BCUT2D eigenvalue weighted by atomic mass is 10.1. The molecule has 7 heteroatoms. The van der Waals surface area contributed by atoms with E-state index in [0.717, 1.165) is 0 Å². The first-order valence-electron chi connectivity index (χ1n) is 9.08. The van der Waals surface area contributed by atoms with E-state index >= 15 is 0 Å². The van der Waals surface area contributed by atoms with Crippen molar-refractivity contribution >= 4 is 17.5 Å². The minimum absolute atomic E-state index is 0.0355. The molecule has 2 amide bonds. The third-order valence-electron chi connectivity index (χ3n) is 4.97. The highest BCUT2D eigenvalue weighted by Gasteiger charge is 2.24. The van der Waals surface area contributed by atoms with Crippen molar-refractivity contribution in [3.05, 3.63) is 87.3 Å². The van der Waals surface area contributed by atoms with Crippen LogP contribution in [0.25, 0.3) is 5.69 Å². The Morgan fingerprint density at radius 1 is 1.10 bits per heavy atom. The van der Waals surface area contributed by atoms with Gasteiger partial charge < -0.3 is 15.4 Å². The molecule has 4 rings (SSSR count). The first kappa shape index (κ1) is 18.5. The maximum atomic E-state index is 13.2. The fourth-order valence-electron chi connectivity index (χ4n) is 3.48. The predicted molar refractivity (Wildman–Crippen MR) is 109 cm³/mol. The van der Waals surface area contributed by atoms with Crippen molar-refractivity contribution in [2.24, 2.45) is 0 Å². The van der Waals surface area contributed by atoms with Crippen LogP contribution >= 0.6 is 0 Å². The van der Waals surface area contributed by atoms with Gasteiger partial charge in [-0.1, -0.05) is 18.2 Å². The second-order valence-electron chi connectivity index (χ2n) is 6.69. The van der Waals surface area contributed by atoms with Crippen LogP contribution in [0.3, 0.4) is 0 Å². The van der Waals surface area contributed by atoms with Gasteiger partial charge in [0.05, 0.1) is 12.8 Å². The Kier molecular flexibility index (Phi) is 4.64. The highest BCUT2D eigenvalue weighted by molar-refractivity contribution is 6.07. The molecule has 0 bridgehead atoms. The van der Waals surface area contributed by atoms with E-state index in [1.807, 2.05) is 0 Å². The maximum Gasteiger partial charge on any atom is 0.268 e. The van der Waals surface area contributed by atoms with Crippen LogP contribution in [-0.4, -0.2) is 23.5 Å². The SMILES string of the molecule is COc1ccccc1-n1ccc(C)c(C(=O)Nc2cccc3c2CNC3=O)c1=O. The molecule has 0 saturated heterocycles. The summed E-state index contributed by atoms with van der Waals surface area (Å²) in [6.45, 7) is 2.05. The van der Waals surface area contributed by atoms with Gasteiger partial charge in [-0.25, -0.2) is 0 Å². The molecule has 29 heavy (non-hydrogen) atoms. The maximum absolute atomic E-state index is 13.2. The minimum Gasteiger partial charge on any atom is -0.495 e. The number of hydrogen-bond donors (Lipinski definition) is 2. The monoisotopic (exact) mass is 389 g/mol. The second-order valence-corrected chi connectivity index (χ2v) is 6.69. The fourth-order valence-corrected chi connectivity index (χ4v) is 3.48.